The van der Waals surface area contributed by atoms with E-state index in [0.717, 1.165) is 31.7 Å². The third kappa shape index (κ3) is 5.94. The zero-order valence-corrected chi connectivity index (χ0v) is 13.6. The maximum Gasteiger partial charge on any atom is 0.223 e. The summed E-state index contributed by atoms with van der Waals surface area (Å²) in [5, 5.41) is 6.33. The van der Waals surface area contributed by atoms with Crippen LogP contribution < -0.4 is 15.4 Å². The van der Waals surface area contributed by atoms with Gasteiger partial charge in [-0.2, -0.15) is 0 Å². The first-order chi connectivity index (χ1) is 9.65. The van der Waals surface area contributed by atoms with Crippen molar-refractivity contribution in [2.45, 2.75) is 39.2 Å². The quantitative estimate of drug-likeness (QED) is 0.877. The molecule has 0 radical (unpaired) electrons. The van der Waals surface area contributed by atoms with E-state index in [-0.39, 0.29) is 24.4 Å². The summed E-state index contributed by atoms with van der Waals surface area (Å²) in [7, 11) is 0. The molecule has 0 unspecified atom stereocenters. The van der Waals surface area contributed by atoms with E-state index in [0.29, 0.717) is 13.0 Å². The van der Waals surface area contributed by atoms with Gasteiger partial charge >= 0.3 is 0 Å². The van der Waals surface area contributed by atoms with Crippen molar-refractivity contribution >= 4 is 18.3 Å². The van der Waals surface area contributed by atoms with Gasteiger partial charge < -0.3 is 15.4 Å². The van der Waals surface area contributed by atoms with E-state index in [4.69, 9.17) is 4.74 Å². The molecule has 1 amide bonds. The molecule has 1 aliphatic heterocycles. The number of hydrogen-bond acceptors (Lipinski definition) is 3. The molecule has 2 N–H and O–H groups in total. The molecular formula is C16H25ClN2O2. The summed E-state index contributed by atoms with van der Waals surface area (Å²) in [6.07, 6.45) is 2.60. The van der Waals surface area contributed by atoms with Crippen LogP contribution in [0, 0.1) is 13.8 Å². The zero-order chi connectivity index (χ0) is 14.4. The van der Waals surface area contributed by atoms with E-state index < -0.39 is 0 Å². The van der Waals surface area contributed by atoms with Gasteiger partial charge in [-0.1, -0.05) is 6.07 Å². The molecule has 0 spiro atoms. The van der Waals surface area contributed by atoms with E-state index in [1.807, 2.05) is 18.2 Å². The number of ether oxygens (including phenoxy) is 1. The lowest BCUT2D eigenvalue weighted by Crippen LogP contribution is -2.45. The molecule has 118 valence electrons. The average molecular weight is 313 g/mol. The van der Waals surface area contributed by atoms with Crippen LogP contribution in [0.25, 0.3) is 0 Å². The first kappa shape index (κ1) is 17.8. The van der Waals surface area contributed by atoms with Crippen LogP contribution in [0.5, 0.6) is 5.75 Å². The van der Waals surface area contributed by atoms with Crippen LogP contribution in [0.4, 0.5) is 0 Å². The van der Waals surface area contributed by atoms with Crippen molar-refractivity contribution < 1.29 is 9.53 Å². The Balaban J connectivity index is 0.00000220. The maximum absolute atomic E-state index is 11.8. The number of halogens is 1. The Labute approximate surface area is 133 Å². The number of rotatable bonds is 5. The standard InChI is InChI=1S/C16H24N2O2.ClH/c1-12-5-6-15(10-13(12)2)20-9-7-16(19)18-14-4-3-8-17-11-14;/h5-6,10,14,17H,3-4,7-9,11H2,1-2H3,(H,18,19);1H/t14-;/m0./s1. The lowest BCUT2D eigenvalue weighted by Gasteiger charge is -2.23. The second kappa shape index (κ2) is 8.90. The maximum atomic E-state index is 11.8. The fourth-order valence-electron chi connectivity index (χ4n) is 2.34. The van der Waals surface area contributed by atoms with Gasteiger partial charge in [0.2, 0.25) is 5.91 Å². The number of benzene rings is 1. The van der Waals surface area contributed by atoms with E-state index in [1.54, 1.807) is 0 Å². The third-order valence-corrected chi connectivity index (χ3v) is 3.74. The van der Waals surface area contributed by atoms with E-state index >= 15 is 0 Å². The van der Waals surface area contributed by atoms with Gasteiger partial charge in [0.25, 0.3) is 0 Å². The molecule has 0 aromatic heterocycles. The Morgan fingerprint density at radius 2 is 2.19 bits per heavy atom. The molecule has 21 heavy (non-hydrogen) atoms. The first-order valence-electron chi connectivity index (χ1n) is 7.35. The number of carbonyl (C=O) groups is 1. The van der Waals surface area contributed by atoms with Crippen LogP contribution in [0.3, 0.4) is 0 Å². The second-order valence-electron chi connectivity index (χ2n) is 5.46. The van der Waals surface area contributed by atoms with Gasteiger partial charge in [-0.05, 0) is 56.5 Å². The van der Waals surface area contributed by atoms with Crippen molar-refractivity contribution in [3.8, 4) is 5.75 Å². The van der Waals surface area contributed by atoms with Crippen molar-refractivity contribution in [2.75, 3.05) is 19.7 Å². The molecule has 5 heteroatoms. The summed E-state index contributed by atoms with van der Waals surface area (Å²) in [6, 6.07) is 6.28. The molecule has 0 bridgehead atoms. The van der Waals surface area contributed by atoms with Crippen molar-refractivity contribution in [1.82, 2.24) is 10.6 Å². The van der Waals surface area contributed by atoms with Crippen LogP contribution in [0.15, 0.2) is 18.2 Å². The lowest BCUT2D eigenvalue weighted by molar-refractivity contribution is -0.122. The SMILES string of the molecule is Cc1ccc(OCCC(=O)N[C@H]2CCCNC2)cc1C.Cl. The van der Waals surface area contributed by atoms with E-state index in [1.165, 1.54) is 11.1 Å². The number of nitrogens with one attached hydrogen (secondary N) is 2. The van der Waals surface area contributed by atoms with E-state index in [2.05, 4.69) is 24.5 Å². The Bertz CT molecular complexity index is 460. The number of hydrogen-bond donors (Lipinski definition) is 2. The minimum Gasteiger partial charge on any atom is -0.493 e. The second-order valence-corrected chi connectivity index (χ2v) is 5.46. The minimum atomic E-state index is 0. The molecule has 1 aliphatic rings. The largest absolute Gasteiger partial charge is 0.493 e. The fourth-order valence-corrected chi connectivity index (χ4v) is 2.34. The monoisotopic (exact) mass is 312 g/mol. The van der Waals surface area contributed by atoms with Gasteiger partial charge in [-0.3, -0.25) is 4.79 Å². The summed E-state index contributed by atoms with van der Waals surface area (Å²) >= 11 is 0. The van der Waals surface area contributed by atoms with Crippen molar-refractivity contribution in [2.24, 2.45) is 0 Å². The highest BCUT2D eigenvalue weighted by Crippen LogP contribution is 2.16. The smallest absolute Gasteiger partial charge is 0.223 e. The van der Waals surface area contributed by atoms with Crippen LogP contribution in [-0.4, -0.2) is 31.6 Å². The predicted molar refractivity (Wildman–Crippen MR) is 87.3 cm³/mol. The van der Waals surface area contributed by atoms with Gasteiger partial charge in [0.05, 0.1) is 13.0 Å². The summed E-state index contributed by atoms with van der Waals surface area (Å²) < 4.78 is 5.63. The molecule has 1 aromatic rings. The van der Waals surface area contributed by atoms with Crippen LogP contribution in [0.1, 0.15) is 30.4 Å². The molecule has 1 heterocycles. The van der Waals surface area contributed by atoms with Crippen molar-refractivity contribution in [3.05, 3.63) is 29.3 Å². The van der Waals surface area contributed by atoms with Crippen LogP contribution in [-0.2, 0) is 4.79 Å². The minimum absolute atomic E-state index is 0. The number of aryl methyl sites for hydroxylation is 2. The molecule has 1 aromatic carbocycles. The summed E-state index contributed by atoms with van der Waals surface area (Å²) in [5.41, 5.74) is 2.46. The molecule has 0 aliphatic carbocycles. The number of piperidine rings is 1. The molecular weight excluding hydrogens is 288 g/mol. The van der Waals surface area contributed by atoms with Gasteiger partial charge in [0.15, 0.2) is 0 Å². The molecule has 0 saturated carbocycles. The lowest BCUT2D eigenvalue weighted by atomic mass is 10.1. The highest BCUT2D eigenvalue weighted by Gasteiger charge is 2.14. The van der Waals surface area contributed by atoms with Gasteiger partial charge in [0, 0.05) is 12.6 Å². The Morgan fingerprint density at radius 1 is 1.38 bits per heavy atom. The number of carbonyl (C=O) groups excluding carboxylic acids is 1. The first-order valence-corrected chi connectivity index (χ1v) is 7.35. The van der Waals surface area contributed by atoms with Gasteiger partial charge in [0.1, 0.15) is 5.75 Å². The normalized spacial score (nSPS) is 17.7. The van der Waals surface area contributed by atoms with Gasteiger partial charge in [-0.15, -0.1) is 12.4 Å². The predicted octanol–water partition coefficient (Wildman–Crippen LogP) is 2.36. The molecule has 1 saturated heterocycles. The van der Waals surface area contributed by atoms with Gasteiger partial charge in [-0.25, -0.2) is 0 Å². The van der Waals surface area contributed by atoms with Crippen molar-refractivity contribution in [1.29, 1.82) is 0 Å². The average Bonchev–Trinajstić information content (AvgIpc) is 2.44. The van der Waals surface area contributed by atoms with E-state index in [9.17, 15) is 4.79 Å². The summed E-state index contributed by atoms with van der Waals surface area (Å²) in [6.45, 7) is 6.50. The topological polar surface area (TPSA) is 50.4 Å². The highest BCUT2D eigenvalue weighted by atomic mass is 35.5. The molecule has 1 atom stereocenters. The highest BCUT2D eigenvalue weighted by molar-refractivity contribution is 5.85. The summed E-state index contributed by atoms with van der Waals surface area (Å²) in [5.74, 6) is 0.905. The molecule has 1 fully saturated rings. The fraction of sp³-hybridized carbons (Fsp3) is 0.562. The van der Waals surface area contributed by atoms with Crippen LogP contribution >= 0.6 is 12.4 Å². The molecule has 2 rings (SSSR count). The Kier molecular flexibility index (Phi) is 7.54. The summed E-state index contributed by atoms with van der Waals surface area (Å²) in [4.78, 5) is 11.8. The Hall–Kier alpha value is -1.26. The third-order valence-electron chi connectivity index (χ3n) is 3.74. The van der Waals surface area contributed by atoms with Crippen molar-refractivity contribution in [3.63, 3.8) is 0 Å². The Morgan fingerprint density at radius 3 is 2.86 bits per heavy atom. The number of amides is 1. The van der Waals surface area contributed by atoms with Crippen LogP contribution in [0.2, 0.25) is 0 Å². The molecule has 4 nitrogen and oxygen atoms in total. The zero-order valence-electron chi connectivity index (χ0n) is 12.8.